The van der Waals surface area contributed by atoms with Crippen LogP contribution in [0.1, 0.15) is 12.8 Å². The van der Waals surface area contributed by atoms with Crippen LogP contribution in [0.5, 0.6) is 0 Å². The summed E-state index contributed by atoms with van der Waals surface area (Å²) < 4.78 is 7.03. The number of rotatable bonds is 5. The molecule has 1 aromatic heterocycles. The van der Waals surface area contributed by atoms with Gasteiger partial charge in [0.05, 0.1) is 11.9 Å². The zero-order valence-corrected chi connectivity index (χ0v) is 12.6. The molecule has 1 aliphatic rings. The molecule has 1 saturated heterocycles. The molecule has 1 atom stereocenters. The highest BCUT2D eigenvalue weighted by atomic mass is 16.5. The first-order valence-corrected chi connectivity index (χ1v) is 7.42. The van der Waals surface area contributed by atoms with E-state index in [2.05, 4.69) is 15.7 Å². The highest BCUT2D eigenvalue weighted by Crippen LogP contribution is 2.21. The fourth-order valence-corrected chi connectivity index (χ4v) is 2.55. The Hall–Kier alpha value is -2.34. The SMILES string of the molecule is Cn1cc(Nc2cccc(NC(=O)C[C@@H]3CCOC3)c2)cn1. The van der Waals surface area contributed by atoms with Gasteiger partial charge in [-0.2, -0.15) is 5.10 Å². The first-order chi connectivity index (χ1) is 10.7. The van der Waals surface area contributed by atoms with Crippen LogP contribution >= 0.6 is 0 Å². The summed E-state index contributed by atoms with van der Waals surface area (Å²) in [5, 5.41) is 10.3. The van der Waals surface area contributed by atoms with Gasteiger partial charge in [0.2, 0.25) is 5.91 Å². The third kappa shape index (κ3) is 3.85. The van der Waals surface area contributed by atoms with Gasteiger partial charge in [-0.25, -0.2) is 0 Å². The second-order valence-electron chi connectivity index (χ2n) is 5.59. The zero-order valence-electron chi connectivity index (χ0n) is 12.6. The van der Waals surface area contributed by atoms with Crippen LogP contribution in [0.2, 0.25) is 0 Å². The Morgan fingerprint density at radius 3 is 3.00 bits per heavy atom. The standard InChI is InChI=1S/C16H20N4O2/c1-20-10-15(9-17-20)18-13-3-2-4-14(8-13)19-16(21)7-12-5-6-22-11-12/h2-4,8-10,12,18H,5-7,11H2,1H3,(H,19,21)/t12-/m0/s1. The monoisotopic (exact) mass is 300 g/mol. The van der Waals surface area contributed by atoms with Gasteiger partial charge >= 0.3 is 0 Å². The molecule has 0 radical (unpaired) electrons. The molecule has 1 fully saturated rings. The predicted octanol–water partition coefficient (Wildman–Crippen LogP) is 2.53. The van der Waals surface area contributed by atoms with Crippen LogP contribution in [0.25, 0.3) is 0 Å². The number of benzene rings is 1. The van der Waals surface area contributed by atoms with Crippen LogP contribution in [0.3, 0.4) is 0 Å². The average molecular weight is 300 g/mol. The molecule has 22 heavy (non-hydrogen) atoms. The van der Waals surface area contributed by atoms with Crippen molar-refractivity contribution in [2.75, 3.05) is 23.8 Å². The van der Waals surface area contributed by atoms with Crippen LogP contribution < -0.4 is 10.6 Å². The molecule has 0 aliphatic carbocycles. The normalized spacial score (nSPS) is 17.4. The van der Waals surface area contributed by atoms with E-state index in [1.54, 1.807) is 10.9 Å². The number of aromatic nitrogens is 2. The average Bonchev–Trinajstić information content (AvgIpc) is 3.11. The van der Waals surface area contributed by atoms with E-state index < -0.39 is 0 Å². The van der Waals surface area contributed by atoms with Gasteiger partial charge in [-0.15, -0.1) is 0 Å². The molecule has 6 heteroatoms. The van der Waals surface area contributed by atoms with Gasteiger partial charge < -0.3 is 15.4 Å². The molecule has 116 valence electrons. The van der Waals surface area contributed by atoms with Gasteiger partial charge in [-0.3, -0.25) is 9.48 Å². The molecule has 0 unspecified atom stereocenters. The molecule has 0 saturated carbocycles. The lowest BCUT2D eigenvalue weighted by Gasteiger charge is -2.10. The Kier molecular flexibility index (Phi) is 4.39. The van der Waals surface area contributed by atoms with Gasteiger partial charge in [0, 0.05) is 44.3 Å². The summed E-state index contributed by atoms with van der Waals surface area (Å²) in [4.78, 5) is 12.0. The highest BCUT2D eigenvalue weighted by Gasteiger charge is 2.19. The Bertz CT molecular complexity index is 647. The van der Waals surface area contributed by atoms with E-state index in [0.717, 1.165) is 30.1 Å². The first-order valence-electron chi connectivity index (χ1n) is 7.42. The number of nitrogens with zero attached hydrogens (tertiary/aromatic N) is 2. The molecule has 1 aromatic carbocycles. The van der Waals surface area contributed by atoms with Crippen LogP contribution in [0.15, 0.2) is 36.7 Å². The largest absolute Gasteiger partial charge is 0.381 e. The molecule has 0 spiro atoms. The molecule has 0 bridgehead atoms. The summed E-state index contributed by atoms with van der Waals surface area (Å²) in [6, 6.07) is 7.66. The molecule has 1 amide bonds. The van der Waals surface area contributed by atoms with Crippen LogP contribution in [0, 0.1) is 5.92 Å². The number of carbonyl (C=O) groups excluding carboxylic acids is 1. The van der Waals surface area contributed by atoms with Crippen molar-refractivity contribution in [3.8, 4) is 0 Å². The number of hydrogen-bond donors (Lipinski definition) is 2. The van der Waals surface area contributed by atoms with Crippen molar-refractivity contribution in [2.45, 2.75) is 12.8 Å². The zero-order chi connectivity index (χ0) is 15.4. The number of aryl methyl sites for hydroxylation is 1. The third-order valence-electron chi connectivity index (χ3n) is 3.64. The third-order valence-corrected chi connectivity index (χ3v) is 3.64. The number of hydrogen-bond acceptors (Lipinski definition) is 4. The van der Waals surface area contributed by atoms with Gasteiger partial charge in [0.1, 0.15) is 0 Å². The molecule has 2 aromatic rings. The summed E-state index contributed by atoms with van der Waals surface area (Å²) in [5.41, 5.74) is 2.61. The Balaban J connectivity index is 1.59. The quantitative estimate of drug-likeness (QED) is 0.890. The van der Waals surface area contributed by atoms with Gasteiger partial charge in [0.25, 0.3) is 0 Å². The molecule has 2 heterocycles. The number of anilines is 3. The fraction of sp³-hybridized carbons (Fsp3) is 0.375. The predicted molar refractivity (Wildman–Crippen MR) is 85.1 cm³/mol. The van der Waals surface area contributed by atoms with E-state index in [1.807, 2.05) is 37.5 Å². The van der Waals surface area contributed by atoms with E-state index in [9.17, 15) is 4.79 Å². The minimum Gasteiger partial charge on any atom is -0.381 e. The second kappa shape index (κ2) is 6.62. The second-order valence-corrected chi connectivity index (χ2v) is 5.59. The minimum atomic E-state index is 0.0361. The summed E-state index contributed by atoms with van der Waals surface area (Å²) >= 11 is 0. The minimum absolute atomic E-state index is 0.0361. The molecular weight excluding hydrogens is 280 g/mol. The Morgan fingerprint density at radius 2 is 2.27 bits per heavy atom. The molecule has 3 rings (SSSR count). The van der Waals surface area contributed by atoms with E-state index in [-0.39, 0.29) is 5.91 Å². The molecule has 6 nitrogen and oxygen atoms in total. The van der Waals surface area contributed by atoms with Gasteiger partial charge in [-0.1, -0.05) is 6.07 Å². The van der Waals surface area contributed by atoms with Crippen LogP contribution in [-0.4, -0.2) is 28.9 Å². The maximum Gasteiger partial charge on any atom is 0.224 e. The van der Waals surface area contributed by atoms with E-state index in [4.69, 9.17) is 4.74 Å². The Labute approximate surface area is 129 Å². The Morgan fingerprint density at radius 1 is 1.41 bits per heavy atom. The molecular formula is C16H20N4O2. The topological polar surface area (TPSA) is 68.2 Å². The summed E-state index contributed by atoms with van der Waals surface area (Å²) in [7, 11) is 1.87. The number of carbonyl (C=O) groups is 1. The number of ether oxygens (including phenoxy) is 1. The maximum absolute atomic E-state index is 12.0. The van der Waals surface area contributed by atoms with Gasteiger partial charge in [0.15, 0.2) is 0 Å². The number of amides is 1. The van der Waals surface area contributed by atoms with Crippen molar-refractivity contribution < 1.29 is 9.53 Å². The van der Waals surface area contributed by atoms with Crippen molar-refractivity contribution in [1.82, 2.24) is 9.78 Å². The van der Waals surface area contributed by atoms with Crippen molar-refractivity contribution in [1.29, 1.82) is 0 Å². The van der Waals surface area contributed by atoms with E-state index >= 15 is 0 Å². The molecule has 1 aliphatic heterocycles. The lowest BCUT2D eigenvalue weighted by atomic mass is 10.0. The molecule has 2 N–H and O–H groups in total. The van der Waals surface area contributed by atoms with Crippen molar-refractivity contribution in [2.24, 2.45) is 13.0 Å². The lowest BCUT2D eigenvalue weighted by molar-refractivity contribution is -0.117. The van der Waals surface area contributed by atoms with Crippen LogP contribution in [-0.2, 0) is 16.6 Å². The van der Waals surface area contributed by atoms with Crippen molar-refractivity contribution >= 4 is 23.0 Å². The summed E-state index contributed by atoms with van der Waals surface area (Å²) in [6.07, 6.45) is 5.13. The van der Waals surface area contributed by atoms with E-state index in [0.29, 0.717) is 18.9 Å². The van der Waals surface area contributed by atoms with E-state index in [1.165, 1.54) is 0 Å². The summed E-state index contributed by atoms with van der Waals surface area (Å²) in [6.45, 7) is 1.46. The lowest BCUT2D eigenvalue weighted by Crippen LogP contribution is -2.16. The van der Waals surface area contributed by atoms with Crippen molar-refractivity contribution in [3.63, 3.8) is 0 Å². The number of nitrogens with one attached hydrogen (secondary N) is 2. The van der Waals surface area contributed by atoms with Gasteiger partial charge in [-0.05, 0) is 30.5 Å². The summed E-state index contributed by atoms with van der Waals surface area (Å²) in [5.74, 6) is 0.380. The van der Waals surface area contributed by atoms with Crippen LogP contribution in [0.4, 0.5) is 17.1 Å². The maximum atomic E-state index is 12.0. The fourth-order valence-electron chi connectivity index (χ4n) is 2.55. The van der Waals surface area contributed by atoms with Crippen molar-refractivity contribution in [3.05, 3.63) is 36.7 Å². The highest BCUT2D eigenvalue weighted by molar-refractivity contribution is 5.91. The first kappa shape index (κ1) is 14.6. The smallest absolute Gasteiger partial charge is 0.224 e.